The summed E-state index contributed by atoms with van der Waals surface area (Å²) in [4.78, 5) is 17.7. The Labute approximate surface area is 232 Å². The maximum Gasteiger partial charge on any atom is 0.255 e. The molecule has 13 heteroatoms. The topological polar surface area (TPSA) is 153 Å². The van der Waals surface area contributed by atoms with Crippen LogP contribution in [0.1, 0.15) is 55.5 Å². The number of halogens is 1. The number of pyridine rings is 1. The van der Waals surface area contributed by atoms with Gasteiger partial charge >= 0.3 is 0 Å². The number of nitrogens with zero attached hydrogens (tertiary/aromatic N) is 5. The van der Waals surface area contributed by atoms with Crippen molar-refractivity contribution in [2.24, 2.45) is 0 Å². The second kappa shape index (κ2) is 10.4. The van der Waals surface area contributed by atoms with Gasteiger partial charge in [-0.25, -0.2) is 17.3 Å². The molecule has 0 spiro atoms. The molecule has 0 aliphatic carbocycles. The molecule has 1 amide bonds. The van der Waals surface area contributed by atoms with E-state index in [0.717, 1.165) is 12.8 Å². The maximum absolute atomic E-state index is 14.4. The van der Waals surface area contributed by atoms with E-state index in [1.54, 1.807) is 21.0 Å². The Hall–Kier alpha value is -3.60. The first-order chi connectivity index (χ1) is 18.8. The highest BCUT2D eigenvalue weighted by atomic mass is 32.2. The monoisotopic (exact) mass is 569 g/mol. The number of carbonyl (C=O) groups is 1. The van der Waals surface area contributed by atoms with Crippen LogP contribution in [-0.4, -0.2) is 81.0 Å². The molecular weight excluding hydrogens is 537 g/mol. The second-order valence-electron chi connectivity index (χ2n) is 11.1. The summed E-state index contributed by atoms with van der Waals surface area (Å²) >= 11 is 0. The molecule has 5 rings (SSSR count). The summed E-state index contributed by atoms with van der Waals surface area (Å²) in [5.74, 6) is -0.554. The summed E-state index contributed by atoms with van der Waals surface area (Å²) in [5, 5.41) is 29.4. The molecule has 3 N–H and O–H groups in total. The number of hydrogen-bond acceptors (Lipinski definition) is 8. The van der Waals surface area contributed by atoms with Crippen molar-refractivity contribution in [3.05, 3.63) is 47.8 Å². The van der Waals surface area contributed by atoms with Crippen molar-refractivity contribution in [1.82, 2.24) is 24.2 Å². The number of rotatable bonds is 8. The van der Waals surface area contributed by atoms with Crippen LogP contribution in [0, 0.1) is 11.3 Å². The van der Waals surface area contributed by atoms with Gasteiger partial charge in [-0.1, -0.05) is 0 Å². The molecule has 0 saturated carbocycles. The SMILES string of the molecule is CC(C)(O)[C@H](F)CNC(=O)c1cnc(-c2ccc3cc(C#N)cnn23)cc1N[C@@H]1C[C@H]2CC[C@@H](C1)N2S(C)(=O)=O. The molecule has 2 saturated heterocycles. The number of hydrogen-bond donors (Lipinski definition) is 3. The van der Waals surface area contributed by atoms with Crippen LogP contribution in [0.5, 0.6) is 0 Å². The molecule has 2 aliphatic heterocycles. The van der Waals surface area contributed by atoms with Crippen LogP contribution in [0.2, 0.25) is 0 Å². The summed E-state index contributed by atoms with van der Waals surface area (Å²) in [7, 11) is -3.32. The lowest BCUT2D eigenvalue weighted by molar-refractivity contribution is -0.00177. The number of piperidine rings is 1. The fourth-order valence-corrected chi connectivity index (χ4v) is 7.16. The summed E-state index contributed by atoms with van der Waals surface area (Å²) in [6.07, 6.45) is 5.17. The van der Waals surface area contributed by atoms with Crippen molar-refractivity contribution in [3.8, 4) is 17.5 Å². The van der Waals surface area contributed by atoms with Gasteiger partial charge in [0, 0.05) is 24.3 Å². The Kier molecular flexibility index (Phi) is 7.28. The number of amides is 1. The van der Waals surface area contributed by atoms with E-state index in [1.165, 1.54) is 32.5 Å². The van der Waals surface area contributed by atoms with Crippen LogP contribution in [0.4, 0.5) is 10.1 Å². The van der Waals surface area contributed by atoms with Crippen LogP contribution in [0.15, 0.2) is 36.7 Å². The van der Waals surface area contributed by atoms with Gasteiger partial charge < -0.3 is 15.7 Å². The van der Waals surface area contributed by atoms with E-state index >= 15 is 0 Å². The highest BCUT2D eigenvalue weighted by Crippen LogP contribution is 2.39. The lowest BCUT2D eigenvalue weighted by atomic mass is 9.98. The first-order valence-corrected chi connectivity index (χ1v) is 15.0. The Morgan fingerprint density at radius 3 is 2.58 bits per heavy atom. The van der Waals surface area contributed by atoms with Gasteiger partial charge in [0.25, 0.3) is 5.91 Å². The van der Waals surface area contributed by atoms with Crippen molar-refractivity contribution in [2.75, 3.05) is 18.1 Å². The summed E-state index contributed by atoms with van der Waals surface area (Å²) in [5.41, 5.74) is 1.36. The number of fused-ring (bicyclic) bond motifs is 3. The fraction of sp³-hybridized carbons (Fsp3) is 0.481. The van der Waals surface area contributed by atoms with Gasteiger partial charge in [0.05, 0.1) is 58.3 Å². The molecule has 0 unspecified atom stereocenters. The number of sulfonamides is 1. The number of aromatic nitrogens is 3. The van der Waals surface area contributed by atoms with E-state index in [-0.39, 0.29) is 30.2 Å². The zero-order chi connectivity index (χ0) is 28.8. The molecule has 5 heterocycles. The highest BCUT2D eigenvalue weighted by Gasteiger charge is 2.45. The third-order valence-corrected chi connectivity index (χ3v) is 9.02. The molecule has 0 aromatic carbocycles. The average Bonchev–Trinajstić information content (AvgIpc) is 3.44. The number of carbonyl (C=O) groups excluding carboxylic acids is 1. The fourth-order valence-electron chi connectivity index (χ4n) is 5.69. The minimum atomic E-state index is -3.32. The van der Waals surface area contributed by atoms with Crippen LogP contribution < -0.4 is 10.6 Å². The largest absolute Gasteiger partial charge is 0.387 e. The third kappa shape index (κ3) is 5.52. The van der Waals surface area contributed by atoms with Gasteiger partial charge in [-0.3, -0.25) is 9.78 Å². The van der Waals surface area contributed by atoms with Crippen molar-refractivity contribution >= 4 is 27.1 Å². The lowest BCUT2D eigenvalue weighted by Crippen LogP contribution is -2.49. The van der Waals surface area contributed by atoms with E-state index in [2.05, 4.69) is 26.8 Å². The Balaban J connectivity index is 1.46. The summed E-state index contributed by atoms with van der Waals surface area (Å²) in [6, 6.07) is 8.81. The molecule has 0 radical (unpaired) electrons. The number of alkyl halides is 1. The minimum Gasteiger partial charge on any atom is -0.387 e. The van der Waals surface area contributed by atoms with Crippen LogP contribution in [-0.2, 0) is 10.0 Å². The van der Waals surface area contributed by atoms with Gasteiger partial charge in [0.2, 0.25) is 10.0 Å². The van der Waals surface area contributed by atoms with Crippen molar-refractivity contribution in [1.29, 1.82) is 5.26 Å². The molecule has 3 aromatic rings. The van der Waals surface area contributed by atoms with Gasteiger partial charge in [-0.05, 0) is 63.8 Å². The predicted molar refractivity (Wildman–Crippen MR) is 147 cm³/mol. The molecular formula is C27H32FN7O4S. The first kappa shape index (κ1) is 27.9. The lowest BCUT2D eigenvalue weighted by Gasteiger charge is -2.38. The molecule has 11 nitrogen and oxygen atoms in total. The normalized spacial score (nSPS) is 22.1. The first-order valence-electron chi connectivity index (χ1n) is 13.1. The third-order valence-electron chi connectivity index (χ3n) is 7.66. The van der Waals surface area contributed by atoms with E-state index in [9.17, 15) is 28.0 Å². The van der Waals surface area contributed by atoms with Gasteiger partial charge in [0.1, 0.15) is 12.2 Å². The Bertz CT molecular complexity index is 1580. The zero-order valence-electron chi connectivity index (χ0n) is 22.5. The number of anilines is 1. The smallest absolute Gasteiger partial charge is 0.255 e. The summed E-state index contributed by atoms with van der Waals surface area (Å²) in [6.45, 7) is 2.29. The molecule has 2 aliphatic rings. The quantitative estimate of drug-likeness (QED) is 0.374. The van der Waals surface area contributed by atoms with Crippen LogP contribution >= 0.6 is 0 Å². The zero-order valence-corrected chi connectivity index (χ0v) is 23.3. The number of nitriles is 1. The molecule has 40 heavy (non-hydrogen) atoms. The molecule has 212 valence electrons. The van der Waals surface area contributed by atoms with E-state index in [1.807, 2.05) is 12.1 Å². The van der Waals surface area contributed by atoms with Gasteiger partial charge in [-0.2, -0.15) is 14.7 Å². The van der Waals surface area contributed by atoms with Gasteiger partial charge in [-0.15, -0.1) is 0 Å². The van der Waals surface area contributed by atoms with Crippen LogP contribution in [0.3, 0.4) is 0 Å². The molecule has 2 fully saturated rings. The van der Waals surface area contributed by atoms with Crippen LogP contribution in [0.25, 0.3) is 16.9 Å². The Morgan fingerprint density at radius 1 is 1.25 bits per heavy atom. The van der Waals surface area contributed by atoms with Crippen molar-refractivity contribution in [3.63, 3.8) is 0 Å². The van der Waals surface area contributed by atoms with Crippen molar-refractivity contribution in [2.45, 2.75) is 69.4 Å². The second-order valence-corrected chi connectivity index (χ2v) is 13.0. The minimum absolute atomic E-state index is 0.0945. The molecule has 2 bridgehead atoms. The maximum atomic E-state index is 14.4. The average molecular weight is 570 g/mol. The molecule has 4 atom stereocenters. The summed E-state index contributed by atoms with van der Waals surface area (Å²) < 4.78 is 42.3. The van der Waals surface area contributed by atoms with E-state index in [4.69, 9.17) is 0 Å². The Morgan fingerprint density at radius 2 is 1.95 bits per heavy atom. The van der Waals surface area contributed by atoms with Gasteiger partial charge in [0.15, 0.2) is 0 Å². The molecule has 3 aromatic heterocycles. The highest BCUT2D eigenvalue weighted by molar-refractivity contribution is 7.88. The van der Waals surface area contributed by atoms with Crippen molar-refractivity contribution < 1.29 is 22.7 Å². The predicted octanol–water partition coefficient (Wildman–Crippen LogP) is 2.47. The number of nitrogens with one attached hydrogen (secondary N) is 2. The number of aliphatic hydroxyl groups is 1. The standard InChI is InChI=1S/C27H32FN7O4S/c1-27(2,37)25(28)15-31-26(36)21-14-30-23(24-7-6-18-8-16(12-29)13-32-34(18)24)11-22(21)33-17-9-19-4-5-20(10-17)35(19)40(3,38)39/h6-8,11,13-14,17,19-20,25,37H,4-5,9-10,15H2,1-3H3,(H,30,33)(H,31,36)/t17-,19-,20+,25-/m1/s1. The van der Waals surface area contributed by atoms with E-state index < -0.39 is 27.7 Å². The van der Waals surface area contributed by atoms with E-state index in [0.29, 0.717) is 41.0 Å².